The van der Waals surface area contributed by atoms with E-state index in [1.807, 2.05) is 12.1 Å². The van der Waals surface area contributed by atoms with Crippen LogP contribution in [-0.4, -0.2) is 42.2 Å². The van der Waals surface area contributed by atoms with E-state index < -0.39 is 0 Å². The third-order valence-corrected chi connectivity index (χ3v) is 4.47. The number of anilines is 2. The molecule has 5 nitrogen and oxygen atoms in total. The molecule has 0 bridgehead atoms. The van der Waals surface area contributed by atoms with Crippen molar-refractivity contribution in [1.82, 2.24) is 9.88 Å². The van der Waals surface area contributed by atoms with E-state index in [4.69, 9.17) is 10.5 Å². The number of pyridine rings is 1. The van der Waals surface area contributed by atoms with Crippen LogP contribution >= 0.6 is 0 Å². The van der Waals surface area contributed by atoms with E-state index in [1.165, 1.54) is 32.2 Å². The number of nitrogens with zero attached hydrogens (tertiary/aromatic N) is 2. The fourth-order valence-electron chi connectivity index (χ4n) is 2.91. The van der Waals surface area contributed by atoms with Crippen LogP contribution in [0.2, 0.25) is 0 Å². The highest BCUT2D eigenvalue weighted by atomic mass is 16.5. The Morgan fingerprint density at radius 3 is 3.00 bits per heavy atom. The van der Waals surface area contributed by atoms with Crippen molar-refractivity contribution in [3.05, 3.63) is 12.1 Å². The monoisotopic (exact) mass is 290 g/mol. The average molecular weight is 290 g/mol. The van der Waals surface area contributed by atoms with Gasteiger partial charge in [-0.25, -0.2) is 0 Å². The Kier molecular flexibility index (Phi) is 4.48. The molecule has 0 radical (unpaired) electrons. The van der Waals surface area contributed by atoms with Gasteiger partial charge in [0.15, 0.2) is 0 Å². The molecule has 0 aromatic carbocycles. The Hall–Kier alpha value is -1.49. The van der Waals surface area contributed by atoms with Gasteiger partial charge in [0.2, 0.25) is 5.88 Å². The van der Waals surface area contributed by atoms with Gasteiger partial charge in [0.05, 0.1) is 12.3 Å². The molecule has 5 heteroatoms. The molecule has 1 saturated heterocycles. The zero-order chi connectivity index (χ0) is 14.7. The molecule has 1 unspecified atom stereocenters. The van der Waals surface area contributed by atoms with Crippen molar-refractivity contribution in [3.8, 4) is 5.88 Å². The lowest BCUT2D eigenvalue weighted by Gasteiger charge is -2.23. The molecule has 1 aliphatic heterocycles. The summed E-state index contributed by atoms with van der Waals surface area (Å²) in [6, 6.07) is 4.43. The van der Waals surface area contributed by atoms with Gasteiger partial charge in [-0.3, -0.25) is 4.90 Å². The standard InChI is InChI=1S/C16H26N4O/c1-2-20-9-3-4-13(20)10-18-15-8-7-14(17)16(19-15)21-11-12-5-6-12/h7-8,12-13H,2-6,9-11,17H2,1H3,(H,18,19). The van der Waals surface area contributed by atoms with E-state index in [0.717, 1.165) is 25.5 Å². The van der Waals surface area contributed by atoms with Crippen molar-refractivity contribution < 1.29 is 4.74 Å². The molecule has 116 valence electrons. The van der Waals surface area contributed by atoms with Gasteiger partial charge in [-0.1, -0.05) is 6.92 Å². The van der Waals surface area contributed by atoms with Gasteiger partial charge in [-0.15, -0.1) is 0 Å². The van der Waals surface area contributed by atoms with E-state index in [-0.39, 0.29) is 0 Å². The molecule has 0 amide bonds. The molecule has 1 aromatic rings. The van der Waals surface area contributed by atoms with E-state index in [2.05, 4.69) is 22.1 Å². The third kappa shape index (κ3) is 3.79. The number of nitrogen functional groups attached to an aromatic ring is 1. The number of nitrogens with two attached hydrogens (primary N) is 1. The van der Waals surface area contributed by atoms with Crippen LogP contribution < -0.4 is 15.8 Å². The maximum absolute atomic E-state index is 5.93. The van der Waals surface area contributed by atoms with Crippen molar-refractivity contribution >= 4 is 11.5 Å². The zero-order valence-electron chi connectivity index (χ0n) is 12.8. The van der Waals surface area contributed by atoms with Crippen LogP contribution in [0.4, 0.5) is 11.5 Å². The van der Waals surface area contributed by atoms with Crippen molar-refractivity contribution in [1.29, 1.82) is 0 Å². The number of likely N-dealkylation sites (N-methyl/N-ethyl adjacent to an activating group) is 1. The third-order valence-electron chi connectivity index (χ3n) is 4.47. The summed E-state index contributed by atoms with van der Waals surface area (Å²) in [6.07, 6.45) is 5.10. The smallest absolute Gasteiger partial charge is 0.239 e. The van der Waals surface area contributed by atoms with Gasteiger partial charge in [-0.2, -0.15) is 4.98 Å². The van der Waals surface area contributed by atoms with Crippen molar-refractivity contribution in [2.24, 2.45) is 5.92 Å². The maximum atomic E-state index is 5.93. The highest BCUT2D eigenvalue weighted by Crippen LogP contribution is 2.30. The van der Waals surface area contributed by atoms with Crippen molar-refractivity contribution in [3.63, 3.8) is 0 Å². The second-order valence-corrected chi connectivity index (χ2v) is 6.15. The number of nitrogens with one attached hydrogen (secondary N) is 1. The van der Waals surface area contributed by atoms with Crippen LogP contribution in [0, 0.1) is 5.92 Å². The quantitative estimate of drug-likeness (QED) is 0.807. The lowest BCUT2D eigenvalue weighted by Crippen LogP contribution is -2.34. The van der Waals surface area contributed by atoms with E-state index in [0.29, 0.717) is 23.5 Å². The first-order chi connectivity index (χ1) is 10.3. The van der Waals surface area contributed by atoms with Gasteiger partial charge in [-0.05, 0) is 56.8 Å². The predicted octanol–water partition coefficient (Wildman–Crippen LogP) is 2.35. The average Bonchev–Trinajstić information content (AvgIpc) is 3.21. The molecular formula is C16H26N4O. The van der Waals surface area contributed by atoms with Gasteiger partial charge in [0.1, 0.15) is 5.82 Å². The molecular weight excluding hydrogens is 264 g/mol. The van der Waals surface area contributed by atoms with Crippen molar-refractivity contribution in [2.75, 3.05) is 37.3 Å². The number of hydrogen-bond acceptors (Lipinski definition) is 5. The van der Waals surface area contributed by atoms with Crippen molar-refractivity contribution in [2.45, 2.75) is 38.6 Å². The van der Waals surface area contributed by atoms with Gasteiger partial charge >= 0.3 is 0 Å². The summed E-state index contributed by atoms with van der Waals surface area (Å²) in [5.74, 6) is 2.14. The van der Waals surface area contributed by atoms with Gasteiger partial charge in [0.25, 0.3) is 0 Å². The van der Waals surface area contributed by atoms with E-state index in [1.54, 1.807) is 0 Å². The summed E-state index contributed by atoms with van der Waals surface area (Å²) >= 11 is 0. The number of likely N-dealkylation sites (tertiary alicyclic amines) is 1. The van der Waals surface area contributed by atoms with Crippen LogP contribution in [0.1, 0.15) is 32.6 Å². The minimum absolute atomic E-state index is 0.575. The number of ether oxygens (including phenoxy) is 1. The molecule has 3 rings (SSSR count). The molecule has 1 saturated carbocycles. The fourth-order valence-corrected chi connectivity index (χ4v) is 2.91. The van der Waals surface area contributed by atoms with E-state index >= 15 is 0 Å². The molecule has 1 atom stereocenters. The molecule has 21 heavy (non-hydrogen) atoms. The Labute approximate surface area is 126 Å². The highest BCUT2D eigenvalue weighted by molar-refractivity contribution is 5.53. The van der Waals surface area contributed by atoms with Gasteiger partial charge in [0, 0.05) is 12.6 Å². The first-order valence-electron chi connectivity index (χ1n) is 8.13. The fraction of sp³-hybridized carbons (Fsp3) is 0.688. The highest BCUT2D eigenvalue weighted by Gasteiger charge is 2.23. The lowest BCUT2D eigenvalue weighted by molar-refractivity contribution is 0.276. The first-order valence-corrected chi connectivity index (χ1v) is 8.13. The van der Waals surface area contributed by atoms with E-state index in [9.17, 15) is 0 Å². The summed E-state index contributed by atoms with van der Waals surface area (Å²) in [7, 11) is 0. The number of rotatable bonds is 7. The van der Waals surface area contributed by atoms with Crippen LogP contribution in [0.5, 0.6) is 5.88 Å². The van der Waals surface area contributed by atoms with Crippen LogP contribution in [-0.2, 0) is 0 Å². The summed E-state index contributed by atoms with van der Waals surface area (Å²) in [5.41, 5.74) is 6.56. The minimum Gasteiger partial charge on any atom is -0.476 e. The Morgan fingerprint density at radius 1 is 1.38 bits per heavy atom. The Morgan fingerprint density at radius 2 is 2.24 bits per heavy atom. The second-order valence-electron chi connectivity index (χ2n) is 6.15. The number of aromatic nitrogens is 1. The van der Waals surface area contributed by atoms with Crippen LogP contribution in [0.25, 0.3) is 0 Å². The van der Waals surface area contributed by atoms with Crippen LogP contribution in [0.3, 0.4) is 0 Å². The molecule has 1 aromatic heterocycles. The SMILES string of the molecule is CCN1CCCC1CNc1ccc(N)c(OCC2CC2)n1. The predicted molar refractivity (Wildman–Crippen MR) is 85.6 cm³/mol. The molecule has 2 aliphatic rings. The molecule has 1 aliphatic carbocycles. The lowest BCUT2D eigenvalue weighted by atomic mass is 10.2. The topological polar surface area (TPSA) is 63.4 Å². The normalized spacial score (nSPS) is 22.4. The molecule has 3 N–H and O–H groups in total. The molecule has 0 spiro atoms. The summed E-state index contributed by atoms with van der Waals surface area (Å²) in [4.78, 5) is 7.03. The summed E-state index contributed by atoms with van der Waals surface area (Å²) in [5, 5.41) is 3.43. The molecule has 2 heterocycles. The summed E-state index contributed by atoms with van der Waals surface area (Å²) < 4.78 is 5.73. The number of hydrogen-bond donors (Lipinski definition) is 2. The molecule has 2 fully saturated rings. The Bertz CT molecular complexity index is 475. The van der Waals surface area contributed by atoms with Gasteiger partial charge < -0.3 is 15.8 Å². The zero-order valence-corrected chi connectivity index (χ0v) is 12.8. The first kappa shape index (κ1) is 14.4. The largest absolute Gasteiger partial charge is 0.476 e. The maximum Gasteiger partial charge on any atom is 0.239 e. The minimum atomic E-state index is 0.575. The second kappa shape index (κ2) is 6.52. The Balaban J connectivity index is 1.55. The summed E-state index contributed by atoms with van der Waals surface area (Å²) in [6.45, 7) is 6.24. The van der Waals surface area contributed by atoms with Crippen LogP contribution in [0.15, 0.2) is 12.1 Å².